The molecule has 0 saturated heterocycles. The van der Waals surface area contributed by atoms with Gasteiger partial charge in [-0.1, -0.05) is 76.6 Å². The number of nitrogens with zero attached hydrogens (tertiary/aromatic N) is 2. The predicted octanol–water partition coefficient (Wildman–Crippen LogP) is 5.06. The third-order valence-corrected chi connectivity index (χ3v) is 6.03. The van der Waals surface area contributed by atoms with E-state index in [2.05, 4.69) is 21.2 Å². The number of hydrogen-bond acceptors (Lipinski definition) is 4. The van der Waals surface area contributed by atoms with Gasteiger partial charge < -0.3 is 10.2 Å². The molecule has 0 unspecified atom stereocenters. The highest BCUT2D eigenvalue weighted by Crippen LogP contribution is 2.22. The standard InChI is InChI=1S/C27H28BrN3O4/c1-19(2)29-27(33)25(16-20-8-4-3-5-9-20)30(18-21-12-14-23(28)15-13-21)26(32)17-22-10-6-7-11-24(22)31(34)35/h3-15,19,25H,16-18H2,1-2H3,(H,29,33)/t25-/m1/s1. The maximum Gasteiger partial charge on any atom is 0.273 e. The molecular formula is C27H28BrN3O4. The lowest BCUT2D eigenvalue weighted by Crippen LogP contribution is -2.52. The van der Waals surface area contributed by atoms with Crippen molar-refractivity contribution in [3.63, 3.8) is 0 Å². The van der Waals surface area contributed by atoms with Gasteiger partial charge in [0.25, 0.3) is 5.69 Å². The smallest absolute Gasteiger partial charge is 0.273 e. The predicted molar refractivity (Wildman–Crippen MR) is 139 cm³/mol. The minimum Gasteiger partial charge on any atom is -0.352 e. The number of carbonyl (C=O) groups is 2. The molecule has 8 heteroatoms. The molecule has 1 atom stereocenters. The topological polar surface area (TPSA) is 92.6 Å². The number of nitro groups is 1. The van der Waals surface area contributed by atoms with Crippen molar-refractivity contribution in [1.29, 1.82) is 0 Å². The Balaban J connectivity index is 2.00. The molecule has 0 heterocycles. The number of para-hydroxylation sites is 1. The number of halogens is 1. The lowest BCUT2D eigenvalue weighted by atomic mass is 10.0. The van der Waals surface area contributed by atoms with Crippen LogP contribution in [0.3, 0.4) is 0 Å². The lowest BCUT2D eigenvalue weighted by molar-refractivity contribution is -0.385. The molecule has 0 bridgehead atoms. The molecule has 0 saturated carbocycles. The summed E-state index contributed by atoms with van der Waals surface area (Å²) in [5, 5.41) is 14.5. The zero-order valence-corrected chi connectivity index (χ0v) is 21.3. The van der Waals surface area contributed by atoms with Crippen molar-refractivity contribution in [2.75, 3.05) is 0 Å². The van der Waals surface area contributed by atoms with E-state index in [0.29, 0.717) is 12.0 Å². The summed E-state index contributed by atoms with van der Waals surface area (Å²) < 4.78 is 0.900. The molecule has 35 heavy (non-hydrogen) atoms. The molecule has 3 rings (SSSR count). The number of nitro benzene ring substituents is 1. The zero-order valence-electron chi connectivity index (χ0n) is 19.7. The SMILES string of the molecule is CC(C)NC(=O)[C@@H](Cc1ccccc1)N(Cc1ccc(Br)cc1)C(=O)Cc1ccccc1[N+](=O)[O-]. The molecule has 0 spiro atoms. The number of benzene rings is 3. The molecule has 0 aromatic heterocycles. The lowest BCUT2D eigenvalue weighted by Gasteiger charge is -2.32. The molecule has 0 aliphatic heterocycles. The first kappa shape index (κ1) is 26.1. The number of amides is 2. The van der Waals surface area contributed by atoms with Crippen molar-refractivity contribution in [3.05, 3.63) is 110 Å². The van der Waals surface area contributed by atoms with Crippen LogP contribution < -0.4 is 5.32 Å². The summed E-state index contributed by atoms with van der Waals surface area (Å²) in [5.74, 6) is -0.626. The molecule has 0 fully saturated rings. The summed E-state index contributed by atoms with van der Waals surface area (Å²) in [4.78, 5) is 39.6. The molecule has 0 aliphatic carbocycles. The average molecular weight is 538 g/mol. The van der Waals surface area contributed by atoms with E-state index in [0.717, 1.165) is 15.6 Å². The van der Waals surface area contributed by atoms with E-state index < -0.39 is 11.0 Å². The van der Waals surface area contributed by atoms with Crippen molar-refractivity contribution in [1.82, 2.24) is 10.2 Å². The minimum atomic E-state index is -0.793. The first-order chi connectivity index (χ1) is 16.7. The molecule has 7 nitrogen and oxygen atoms in total. The van der Waals surface area contributed by atoms with E-state index in [1.54, 1.807) is 18.2 Å². The second kappa shape index (κ2) is 12.3. The summed E-state index contributed by atoms with van der Waals surface area (Å²) in [5.41, 5.74) is 1.96. The van der Waals surface area contributed by atoms with Crippen LogP contribution in [0.25, 0.3) is 0 Å². The van der Waals surface area contributed by atoms with Gasteiger partial charge in [0.05, 0.1) is 11.3 Å². The molecule has 3 aromatic rings. The normalized spacial score (nSPS) is 11.7. The van der Waals surface area contributed by atoms with Crippen LogP contribution in [0.15, 0.2) is 83.3 Å². The number of nitrogens with one attached hydrogen (secondary N) is 1. The second-order valence-electron chi connectivity index (χ2n) is 8.58. The molecule has 0 radical (unpaired) electrons. The van der Waals surface area contributed by atoms with E-state index in [9.17, 15) is 19.7 Å². The third-order valence-electron chi connectivity index (χ3n) is 5.50. The van der Waals surface area contributed by atoms with Gasteiger partial charge in [0, 0.05) is 35.1 Å². The largest absolute Gasteiger partial charge is 0.352 e. The molecule has 2 amide bonds. The van der Waals surface area contributed by atoms with Gasteiger partial charge in [-0.2, -0.15) is 0 Å². The minimum absolute atomic E-state index is 0.111. The maximum atomic E-state index is 13.7. The Kier molecular flexibility index (Phi) is 9.14. The van der Waals surface area contributed by atoms with Crippen molar-refractivity contribution in [2.24, 2.45) is 0 Å². The van der Waals surface area contributed by atoms with Crippen molar-refractivity contribution in [2.45, 2.75) is 45.3 Å². The van der Waals surface area contributed by atoms with Crippen LogP contribution in [0.5, 0.6) is 0 Å². The van der Waals surface area contributed by atoms with Crippen molar-refractivity contribution < 1.29 is 14.5 Å². The fourth-order valence-corrected chi connectivity index (χ4v) is 4.09. The Morgan fingerprint density at radius 3 is 2.20 bits per heavy atom. The Hall–Kier alpha value is -3.52. The molecule has 182 valence electrons. The van der Waals surface area contributed by atoms with E-state index >= 15 is 0 Å². The zero-order chi connectivity index (χ0) is 25.4. The quantitative estimate of drug-likeness (QED) is 0.288. The van der Waals surface area contributed by atoms with Gasteiger partial charge in [0.15, 0.2) is 0 Å². The Morgan fingerprint density at radius 1 is 0.943 bits per heavy atom. The first-order valence-electron chi connectivity index (χ1n) is 11.3. The van der Waals surface area contributed by atoms with Crippen LogP contribution in [0, 0.1) is 10.1 Å². The summed E-state index contributed by atoms with van der Waals surface area (Å²) in [6.45, 7) is 3.92. The summed E-state index contributed by atoms with van der Waals surface area (Å²) in [6.07, 6.45) is 0.131. The van der Waals surface area contributed by atoms with Gasteiger partial charge >= 0.3 is 0 Å². The number of rotatable bonds is 10. The fourth-order valence-electron chi connectivity index (χ4n) is 3.82. The number of carbonyl (C=O) groups excluding carboxylic acids is 2. The third kappa shape index (κ3) is 7.48. The van der Waals surface area contributed by atoms with E-state index in [4.69, 9.17) is 0 Å². The van der Waals surface area contributed by atoms with E-state index in [1.165, 1.54) is 11.0 Å². The van der Waals surface area contributed by atoms with Crippen LogP contribution in [-0.2, 0) is 29.0 Å². The highest BCUT2D eigenvalue weighted by molar-refractivity contribution is 9.10. The van der Waals surface area contributed by atoms with Crippen molar-refractivity contribution >= 4 is 33.4 Å². The number of hydrogen-bond donors (Lipinski definition) is 1. The molecular weight excluding hydrogens is 510 g/mol. The van der Waals surface area contributed by atoms with Gasteiger partial charge in [-0.25, -0.2) is 0 Å². The summed E-state index contributed by atoms with van der Waals surface area (Å²) in [6, 6.07) is 22.3. The Morgan fingerprint density at radius 2 is 1.57 bits per heavy atom. The first-order valence-corrected chi connectivity index (χ1v) is 12.1. The van der Waals surface area contributed by atoms with Crippen molar-refractivity contribution in [3.8, 4) is 0 Å². The van der Waals surface area contributed by atoms with Gasteiger partial charge in [0.2, 0.25) is 11.8 Å². The molecule has 1 N–H and O–H groups in total. The van der Waals surface area contributed by atoms with E-state index in [1.807, 2.05) is 68.4 Å². The monoisotopic (exact) mass is 537 g/mol. The van der Waals surface area contributed by atoms with Crippen LogP contribution in [0.1, 0.15) is 30.5 Å². The fraction of sp³-hybridized carbons (Fsp3) is 0.259. The van der Waals surface area contributed by atoms with Gasteiger partial charge in [-0.05, 0) is 37.1 Å². The van der Waals surface area contributed by atoms with Crippen LogP contribution in [-0.4, -0.2) is 33.7 Å². The maximum absolute atomic E-state index is 13.7. The Bertz CT molecular complexity index is 1170. The molecule has 3 aromatic carbocycles. The highest BCUT2D eigenvalue weighted by atomic mass is 79.9. The molecule has 0 aliphatic rings. The highest BCUT2D eigenvalue weighted by Gasteiger charge is 2.31. The van der Waals surface area contributed by atoms with Gasteiger partial charge in [-0.3, -0.25) is 19.7 Å². The summed E-state index contributed by atoms with van der Waals surface area (Å²) >= 11 is 3.42. The average Bonchev–Trinajstić information content (AvgIpc) is 2.83. The summed E-state index contributed by atoms with van der Waals surface area (Å²) in [7, 11) is 0. The van der Waals surface area contributed by atoms with Crippen LogP contribution in [0.2, 0.25) is 0 Å². The second-order valence-corrected chi connectivity index (χ2v) is 9.50. The van der Waals surface area contributed by atoms with E-state index in [-0.39, 0.29) is 36.5 Å². The van der Waals surface area contributed by atoms with Gasteiger partial charge in [0.1, 0.15) is 6.04 Å². The van der Waals surface area contributed by atoms with Gasteiger partial charge in [-0.15, -0.1) is 0 Å². The van der Waals surface area contributed by atoms with Crippen LogP contribution >= 0.6 is 15.9 Å². The van der Waals surface area contributed by atoms with Crippen LogP contribution in [0.4, 0.5) is 5.69 Å². The Labute approximate surface area is 213 Å².